The van der Waals surface area contributed by atoms with E-state index in [0.717, 1.165) is 0 Å². The normalized spacial score (nSPS) is 28.2. The summed E-state index contributed by atoms with van der Waals surface area (Å²) in [5, 5.41) is 0.609. The zero-order valence-electron chi connectivity index (χ0n) is 21.4. The summed E-state index contributed by atoms with van der Waals surface area (Å²) in [4.78, 5) is 33.9. The van der Waals surface area contributed by atoms with Crippen LogP contribution in [0.4, 0.5) is 5.82 Å². The first-order valence-corrected chi connectivity index (χ1v) is 14.6. The van der Waals surface area contributed by atoms with Gasteiger partial charge in [0.15, 0.2) is 0 Å². The number of rotatable bonds is 8. The van der Waals surface area contributed by atoms with Gasteiger partial charge in [-0.15, -0.1) is 0 Å². The molecule has 0 aliphatic carbocycles. The maximum absolute atomic E-state index is 13.0. The molecule has 0 bridgehead atoms. The third kappa shape index (κ3) is 7.47. The van der Waals surface area contributed by atoms with Crippen LogP contribution >= 0.6 is 15.5 Å². The molecule has 5 atom stereocenters. The number of fused-ring (bicyclic) bond motifs is 1. The largest absolute Gasteiger partial charge is 1.00 e. The molecule has 3 saturated heterocycles. The van der Waals surface area contributed by atoms with Crippen LogP contribution in [0.5, 0.6) is 0 Å². The monoisotopic (exact) mass is 592 g/mol. The number of nitrogens with two attached hydrogens (primary N) is 1. The second-order valence-corrected chi connectivity index (χ2v) is 12.1. The summed E-state index contributed by atoms with van der Waals surface area (Å²) in [6, 6.07) is 1.73. The van der Waals surface area contributed by atoms with Gasteiger partial charge >= 0.3 is 59.1 Å². The van der Waals surface area contributed by atoms with E-state index in [9.17, 15) is 18.9 Å². The SMILES string of the molecule is Nc1ncnc2c1ccn2[C@H]1C[C@H](OP(=O)([O-])N2CCOCC2)[C@@H](COP(=O)([O-])N2CCOCC2)O1.[Na+].[Na+]. The van der Waals surface area contributed by atoms with E-state index in [1.165, 1.54) is 15.7 Å². The van der Waals surface area contributed by atoms with Gasteiger partial charge in [-0.1, -0.05) is 0 Å². The van der Waals surface area contributed by atoms with Crippen LogP contribution in [0, 0.1) is 0 Å². The van der Waals surface area contributed by atoms with Gasteiger partial charge < -0.3 is 43.3 Å². The van der Waals surface area contributed by atoms with E-state index in [2.05, 4.69) is 9.97 Å². The standard InChI is InChI=1S/C19H30N6O9P2.2Na/c20-18-14-1-2-25(19(14)22-13-21-18)17-11-15(34-36(28,29)24-5-9-31-10-6-24)16(33-17)12-32-35(26,27)23-3-7-30-8-4-23;;/h1-2,13,15-17H,3-12H2,(H,26,27)(H,28,29)(H2,20,21,22);;/q;2*+1/p-2/t15-,16+,17+;;/m0../s1. The fourth-order valence-electron chi connectivity index (χ4n) is 4.44. The molecule has 19 heteroatoms. The zero-order chi connectivity index (χ0) is 25.3. The van der Waals surface area contributed by atoms with Crippen molar-refractivity contribution in [2.45, 2.75) is 24.9 Å². The Morgan fingerprint density at radius 1 is 1.00 bits per heavy atom. The number of morpholine rings is 2. The molecule has 3 aliphatic rings. The Morgan fingerprint density at radius 2 is 1.61 bits per heavy atom. The fourth-order valence-corrected chi connectivity index (χ4v) is 6.94. The molecule has 2 N–H and O–H groups in total. The minimum atomic E-state index is -4.47. The van der Waals surface area contributed by atoms with Gasteiger partial charge in [-0.2, -0.15) is 0 Å². The van der Waals surface area contributed by atoms with E-state index < -0.39 is 40.5 Å². The number of ether oxygens (including phenoxy) is 3. The van der Waals surface area contributed by atoms with Crippen LogP contribution in [0.2, 0.25) is 0 Å². The first-order valence-electron chi connectivity index (χ1n) is 11.6. The summed E-state index contributed by atoms with van der Waals surface area (Å²) in [5.74, 6) is 0.290. The zero-order valence-corrected chi connectivity index (χ0v) is 27.2. The van der Waals surface area contributed by atoms with Gasteiger partial charge in [-0.25, -0.2) is 19.3 Å². The Bertz CT molecular complexity index is 1170. The second-order valence-electron chi connectivity index (χ2n) is 8.59. The number of hydrogen-bond acceptors (Lipinski definition) is 12. The molecule has 2 unspecified atom stereocenters. The Labute approximate surface area is 264 Å². The smallest absolute Gasteiger partial charge is 0.766 e. The van der Waals surface area contributed by atoms with Crippen molar-refractivity contribution in [3.8, 4) is 0 Å². The van der Waals surface area contributed by atoms with Crippen molar-refractivity contribution in [1.29, 1.82) is 0 Å². The van der Waals surface area contributed by atoms with Crippen LogP contribution in [0.3, 0.4) is 0 Å². The van der Waals surface area contributed by atoms with Crippen molar-refractivity contribution in [3.63, 3.8) is 0 Å². The van der Waals surface area contributed by atoms with Crippen molar-refractivity contribution < 1.29 is 101 Å². The van der Waals surface area contributed by atoms with Crippen molar-refractivity contribution in [1.82, 2.24) is 23.9 Å². The van der Waals surface area contributed by atoms with Crippen molar-refractivity contribution in [2.75, 3.05) is 64.9 Å². The maximum Gasteiger partial charge on any atom is 1.00 e. The first-order chi connectivity index (χ1) is 17.2. The molecule has 0 spiro atoms. The van der Waals surface area contributed by atoms with Crippen LogP contribution in [-0.4, -0.2) is 95.3 Å². The number of nitrogens with zero attached hydrogens (tertiary/aromatic N) is 5. The van der Waals surface area contributed by atoms with E-state index in [1.54, 1.807) is 16.8 Å². The molecule has 5 rings (SSSR count). The van der Waals surface area contributed by atoms with Gasteiger partial charge in [0.05, 0.1) is 44.5 Å². The van der Waals surface area contributed by atoms with Crippen LogP contribution in [0.25, 0.3) is 11.0 Å². The molecule has 0 amide bonds. The van der Waals surface area contributed by atoms with Gasteiger partial charge in [0.1, 0.15) is 30.1 Å². The molecule has 2 aromatic rings. The third-order valence-electron chi connectivity index (χ3n) is 6.37. The Hall–Kier alpha value is 0.520. The van der Waals surface area contributed by atoms with Gasteiger partial charge in [0, 0.05) is 38.8 Å². The average molecular weight is 592 g/mol. The maximum atomic E-state index is 13.0. The summed E-state index contributed by atoms with van der Waals surface area (Å²) in [6.07, 6.45) is 0.443. The van der Waals surface area contributed by atoms with E-state index in [0.29, 0.717) is 16.9 Å². The van der Waals surface area contributed by atoms with E-state index in [1.807, 2.05) is 0 Å². The molecule has 0 saturated carbocycles. The first kappa shape index (κ1) is 33.0. The molecule has 2 aromatic heterocycles. The molecular formula is C19H28N6Na2O9P2. The molecule has 15 nitrogen and oxygen atoms in total. The predicted molar refractivity (Wildman–Crippen MR) is 121 cm³/mol. The Kier molecular flexibility index (Phi) is 12.3. The van der Waals surface area contributed by atoms with Gasteiger partial charge in [-0.3, -0.25) is 9.13 Å². The van der Waals surface area contributed by atoms with Crippen LogP contribution in [-0.2, 0) is 32.4 Å². The van der Waals surface area contributed by atoms with Crippen LogP contribution < -0.4 is 74.6 Å². The Morgan fingerprint density at radius 3 is 2.24 bits per heavy atom. The van der Waals surface area contributed by atoms with Crippen molar-refractivity contribution in [2.24, 2.45) is 0 Å². The second kappa shape index (κ2) is 14.1. The quantitative estimate of drug-likeness (QED) is 0.225. The molecule has 3 fully saturated rings. The van der Waals surface area contributed by atoms with Crippen molar-refractivity contribution >= 4 is 32.3 Å². The number of aromatic nitrogens is 3. The minimum Gasteiger partial charge on any atom is -0.766 e. The number of nitrogen functional groups attached to an aromatic ring is 1. The van der Waals surface area contributed by atoms with Crippen LogP contribution in [0.15, 0.2) is 18.6 Å². The summed E-state index contributed by atoms with van der Waals surface area (Å²) in [7, 11) is -8.87. The minimum absolute atomic E-state index is 0. The molecule has 38 heavy (non-hydrogen) atoms. The summed E-state index contributed by atoms with van der Waals surface area (Å²) in [6.45, 7) is 1.36. The van der Waals surface area contributed by atoms with Crippen LogP contribution in [0.1, 0.15) is 12.6 Å². The third-order valence-corrected chi connectivity index (χ3v) is 9.57. The predicted octanol–water partition coefficient (Wildman–Crippen LogP) is -6.69. The molecule has 5 heterocycles. The van der Waals surface area contributed by atoms with Gasteiger partial charge in [0.2, 0.25) is 15.5 Å². The molecule has 0 radical (unpaired) electrons. The number of anilines is 1. The topological polar surface area (TPSA) is 190 Å². The summed E-state index contributed by atoms with van der Waals surface area (Å²) < 4.78 is 57.2. The molecule has 200 valence electrons. The van der Waals surface area contributed by atoms with Gasteiger partial charge in [0.25, 0.3) is 0 Å². The van der Waals surface area contributed by atoms with E-state index in [4.69, 9.17) is 29.0 Å². The average Bonchev–Trinajstić information content (AvgIpc) is 3.48. The fraction of sp³-hybridized carbons (Fsp3) is 0.684. The number of hydrogen-bond donors (Lipinski definition) is 1. The summed E-state index contributed by atoms with van der Waals surface area (Å²) >= 11 is 0. The van der Waals surface area contributed by atoms with Gasteiger partial charge in [-0.05, 0) is 6.07 Å². The van der Waals surface area contributed by atoms with Crippen molar-refractivity contribution in [3.05, 3.63) is 18.6 Å². The molecule has 0 aromatic carbocycles. The van der Waals surface area contributed by atoms with E-state index >= 15 is 0 Å². The van der Waals surface area contributed by atoms with E-state index in [-0.39, 0.29) is 118 Å². The Balaban J connectivity index is 0.00000200. The molecule has 3 aliphatic heterocycles. The summed E-state index contributed by atoms with van der Waals surface area (Å²) in [5.41, 5.74) is 6.43. The molecular weight excluding hydrogens is 564 g/mol.